The molecule has 2 aliphatic rings. The number of aliphatic imine (C=N–C) groups is 1. The van der Waals surface area contributed by atoms with Gasteiger partial charge in [0.05, 0.1) is 33.5 Å². The summed E-state index contributed by atoms with van der Waals surface area (Å²) in [5.74, 6) is -0.0185. The van der Waals surface area contributed by atoms with Crippen LogP contribution in [0.25, 0.3) is 0 Å². The van der Waals surface area contributed by atoms with Crippen LogP contribution in [-0.2, 0) is 41.8 Å². The van der Waals surface area contributed by atoms with E-state index < -0.39 is 47.3 Å². The molecular weight excluding hydrogens is 550 g/mol. The van der Waals surface area contributed by atoms with E-state index in [1.807, 2.05) is 48.5 Å². The summed E-state index contributed by atoms with van der Waals surface area (Å²) in [7, 11) is 3.21. The lowest BCUT2D eigenvalue weighted by atomic mass is 9.94. The van der Waals surface area contributed by atoms with E-state index in [1.165, 1.54) is 11.8 Å². The smallest absolute Gasteiger partial charge is 0.363 e. The molecule has 4 rings (SSSR count). The second-order valence-corrected chi connectivity index (χ2v) is 11.9. The molecule has 5 atom stereocenters. The van der Waals surface area contributed by atoms with Gasteiger partial charge in [0, 0.05) is 6.42 Å². The molecule has 0 aromatic heterocycles. The van der Waals surface area contributed by atoms with Crippen LogP contribution < -0.4 is 9.47 Å². The Labute approximate surface area is 244 Å². The van der Waals surface area contributed by atoms with Crippen molar-refractivity contribution in [1.29, 1.82) is 0 Å². The standard InChI is InChI=1S/C30H37NO9S/c1-30(2,3)40-28(34)27-31-24-26(38-17-19-8-12-21(36-5)13-9-19)25(22(14-15-23(32)33)39-29(24)41-27)37-16-18-6-10-20(35-4)11-7-18/h6-13,22,24-26,29H,14-17H2,1-5H3,(H,32,33)/t22-,24-,25-,26-,29-/m1/s1. The lowest BCUT2D eigenvalue weighted by Gasteiger charge is -2.43. The lowest BCUT2D eigenvalue weighted by Crippen LogP contribution is -2.56. The highest BCUT2D eigenvalue weighted by Crippen LogP contribution is 2.41. The number of carboxylic acids is 1. The Morgan fingerprint density at radius 3 is 1.93 bits per heavy atom. The third-order valence-electron chi connectivity index (χ3n) is 6.53. The summed E-state index contributed by atoms with van der Waals surface area (Å²) in [4.78, 5) is 29.1. The molecule has 41 heavy (non-hydrogen) atoms. The van der Waals surface area contributed by atoms with Crippen LogP contribution in [0.3, 0.4) is 0 Å². The first kappa shape index (κ1) is 30.8. The number of hydrogen-bond donors (Lipinski definition) is 1. The van der Waals surface area contributed by atoms with Crippen LogP contribution in [0.5, 0.6) is 11.5 Å². The zero-order chi connectivity index (χ0) is 29.6. The number of rotatable bonds is 12. The predicted molar refractivity (Wildman–Crippen MR) is 153 cm³/mol. The fourth-order valence-electron chi connectivity index (χ4n) is 4.54. The molecule has 0 spiro atoms. The highest BCUT2D eigenvalue weighted by molar-refractivity contribution is 8.16. The molecule has 1 fully saturated rings. The summed E-state index contributed by atoms with van der Waals surface area (Å²) >= 11 is 1.17. The molecule has 10 nitrogen and oxygen atoms in total. The Morgan fingerprint density at radius 1 is 0.902 bits per heavy atom. The van der Waals surface area contributed by atoms with Crippen LogP contribution in [-0.4, -0.2) is 71.7 Å². The average molecular weight is 588 g/mol. The molecule has 222 valence electrons. The Morgan fingerprint density at radius 2 is 1.44 bits per heavy atom. The Hall–Kier alpha value is -3.12. The molecule has 0 unspecified atom stereocenters. The van der Waals surface area contributed by atoms with Crippen molar-refractivity contribution in [2.45, 2.75) is 82.2 Å². The summed E-state index contributed by atoms with van der Waals surface area (Å²) in [6.07, 6.45) is -1.79. The Kier molecular flexibility index (Phi) is 10.3. The number of carboxylic acid groups (broad SMARTS) is 1. The summed E-state index contributed by atoms with van der Waals surface area (Å²) < 4.78 is 35.3. The SMILES string of the molecule is COc1ccc(CO[C@@H]2[C@H]3N=C(C(=O)OC(C)(C)C)S[C@H]3O[C@H](CCC(=O)O)[C@H]2OCc2ccc(OC)cc2)cc1. The summed E-state index contributed by atoms with van der Waals surface area (Å²) in [6, 6.07) is 14.4. The normalized spacial score (nSPS) is 23.8. The van der Waals surface area contributed by atoms with Gasteiger partial charge in [0.15, 0.2) is 5.04 Å². The van der Waals surface area contributed by atoms with Crippen LogP contribution in [0.2, 0.25) is 0 Å². The summed E-state index contributed by atoms with van der Waals surface area (Å²) in [6.45, 7) is 5.85. The number of carbonyl (C=O) groups is 2. The number of thioether (sulfide) groups is 1. The van der Waals surface area contributed by atoms with Crippen LogP contribution >= 0.6 is 11.8 Å². The number of carbonyl (C=O) groups excluding carboxylic acids is 1. The van der Waals surface area contributed by atoms with Crippen LogP contribution in [0, 0.1) is 0 Å². The number of benzene rings is 2. The molecule has 1 saturated heterocycles. The first-order valence-corrected chi connectivity index (χ1v) is 14.3. The van der Waals surface area contributed by atoms with E-state index >= 15 is 0 Å². The van der Waals surface area contributed by atoms with Crippen molar-refractivity contribution in [2.75, 3.05) is 14.2 Å². The molecule has 2 aliphatic heterocycles. The maximum Gasteiger partial charge on any atom is 0.363 e. The van der Waals surface area contributed by atoms with E-state index in [2.05, 4.69) is 0 Å². The number of esters is 1. The van der Waals surface area contributed by atoms with Crippen LogP contribution in [0.15, 0.2) is 53.5 Å². The third-order valence-corrected chi connectivity index (χ3v) is 7.65. The number of hydrogen-bond acceptors (Lipinski definition) is 10. The second kappa shape index (κ2) is 13.7. The fraction of sp³-hybridized carbons (Fsp3) is 0.500. The molecular formula is C30H37NO9S. The van der Waals surface area contributed by atoms with E-state index in [-0.39, 0.29) is 31.1 Å². The van der Waals surface area contributed by atoms with Gasteiger partial charge in [-0.05, 0) is 62.6 Å². The number of methoxy groups -OCH3 is 2. The Bertz CT molecular complexity index is 1210. The maximum atomic E-state index is 12.9. The van der Waals surface area contributed by atoms with E-state index in [1.54, 1.807) is 35.0 Å². The number of nitrogens with zero attached hydrogens (tertiary/aromatic N) is 1. The van der Waals surface area contributed by atoms with Crippen molar-refractivity contribution in [2.24, 2.45) is 4.99 Å². The minimum absolute atomic E-state index is 0.111. The largest absolute Gasteiger partial charge is 0.497 e. The van der Waals surface area contributed by atoms with E-state index in [9.17, 15) is 14.7 Å². The van der Waals surface area contributed by atoms with Crippen molar-refractivity contribution in [3.63, 3.8) is 0 Å². The second-order valence-electron chi connectivity index (χ2n) is 10.8. The molecule has 2 aromatic carbocycles. The molecule has 0 radical (unpaired) electrons. The van der Waals surface area contributed by atoms with E-state index in [0.29, 0.717) is 0 Å². The van der Waals surface area contributed by atoms with E-state index in [4.69, 9.17) is 33.4 Å². The molecule has 2 heterocycles. The zero-order valence-electron chi connectivity index (χ0n) is 23.9. The molecule has 2 aromatic rings. The number of aliphatic carboxylic acids is 1. The molecule has 0 saturated carbocycles. The van der Waals surface area contributed by atoms with Crippen molar-refractivity contribution in [3.05, 3.63) is 59.7 Å². The molecule has 11 heteroatoms. The van der Waals surface area contributed by atoms with Crippen molar-refractivity contribution >= 4 is 28.7 Å². The van der Waals surface area contributed by atoms with Gasteiger partial charge in [-0.2, -0.15) is 0 Å². The number of fused-ring (bicyclic) bond motifs is 1. The van der Waals surface area contributed by atoms with Gasteiger partial charge in [-0.25, -0.2) is 4.79 Å². The molecule has 0 amide bonds. The monoisotopic (exact) mass is 587 g/mol. The summed E-state index contributed by atoms with van der Waals surface area (Å²) in [5.41, 5.74) is 0.565. The number of ether oxygens (including phenoxy) is 6. The van der Waals surface area contributed by atoms with Crippen LogP contribution in [0.1, 0.15) is 44.7 Å². The Balaban J connectivity index is 1.61. The maximum absolute atomic E-state index is 12.9. The minimum atomic E-state index is -0.940. The lowest BCUT2D eigenvalue weighted by molar-refractivity contribution is -0.199. The van der Waals surface area contributed by atoms with Gasteiger partial charge in [-0.1, -0.05) is 36.0 Å². The fourth-order valence-corrected chi connectivity index (χ4v) is 5.64. The van der Waals surface area contributed by atoms with Gasteiger partial charge >= 0.3 is 11.9 Å². The molecule has 0 bridgehead atoms. The quantitative estimate of drug-likeness (QED) is 0.352. The highest BCUT2D eigenvalue weighted by atomic mass is 32.2. The van der Waals surface area contributed by atoms with Crippen molar-refractivity contribution in [3.8, 4) is 11.5 Å². The van der Waals surface area contributed by atoms with Crippen LogP contribution in [0.4, 0.5) is 0 Å². The average Bonchev–Trinajstić information content (AvgIpc) is 3.37. The van der Waals surface area contributed by atoms with Gasteiger partial charge in [0.1, 0.15) is 40.8 Å². The van der Waals surface area contributed by atoms with Gasteiger partial charge in [0.2, 0.25) is 0 Å². The first-order valence-electron chi connectivity index (χ1n) is 13.4. The predicted octanol–water partition coefficient (Wildman–Crippen LogP) is 4.62. The van der Waals surface area contributed by atoms with Gasteiger partial charge < -0.3 is 33.5 Å². The molecule has 0 aliphatic carbocycles. The molecule has 1 N–H and O–H groups in total. The third kappa shape index (κ3) is 8.45. The first-order chi connectivity index (χ1) is 19.6. The van der Waals surface area contributed by atoms with Gasteiger partial charge in [-0.3, -0.25) is 9.79 Å². The zero-order valence-corrected chi connectivity index (χ0v) is 24.7. The van der Waals surface area contributed by atoms with Gasteiger partial charge in [0.25, 0.3) is 0 Å². The van der Waals surface area contributed by atoms with Gasteiger partial charge in [-0.15, -0.1) is 0 Å². The van der Waals surface area contributed by atoms with Crippen molar-refractivity contribution < 1.29 is 43.1 Å². The highest BCUT2D eigenvalue weighted by Gasteiger charge is 2.51. The topological polar surface area (TPSA) is 122 Å². The minimum Gasteiger partial charge on any atom is -0.497 e. The van der Waals surface area contributed by atoms with Crippen molar-refractivity contribution in [1.82, 2.24) is 0 Å². The van der Waals surface area contributed by atoms with E-state index in [0.717, 1.165) is 22.6 Å². The summed E-state index contributed by atoms with van der Waals surface area (Å²) in [5, 5.41) is 9.62.